The van der Waals surface area contributed by atoms with Crippen molar-refractivity contribution in [3.8, 4) is 5.75 Å². The Balaban J connectivity index is 2.17. The van der Waals surface area contributed by atoms with Gasteiger partial charge in [-0.2, -0.15) is 21.3 Å². The maximum atomic E-state index is 12.8. The van der Waals surface area contributed by atoms with E-state index in [1.54, 1.807) is 32.0 Å². The third-order valence-electron chi connectivity index (χ3n) is 4.24. The Labute approximate surface area is 150 Å². The van der Waals surface area contributed by atoms with Crippen LogP contribution in [0.25, 0.3) is 0 Å². The largest absolute Gasteiger partial charge is 0.495 e. The molecule has 0 aliphatic carbocycles. The van der Waals surface area contributed by atoms with Crippen LogP contribution in [0.2, 0.25) is 0 Å². The second-order valence-corrected chi connectivity index (χ2v) is 9.38. The van der Waals surface area contributed by atoms with Gasteiger partial charge in [-0.25, -0.2) is 8.42 Å². The second-order valence-electron chi connectivity index (χ2n) is 5.55. The minimum absolute atomic E-state index is 0.0950. The number of ether oxygens (including phenoxy) is 1. The van der Waals surface area contributed by atoms with Gasteiger partial charge in [-0.05, 0) is 12.1 Å². The van der Waals surface area contributed by atoms with Crippen LogP contribution in [-0.4, -0.2) is 76.1 Å². The van der Waals surface area contributed by atoms with Crippen LogP contribution in [0.1, 0.15) is 13.8 Å². The fourth-order valence-electron chi connectivity index (χ4n) is 2.83. The molecule has 0 bridgehead atoms. The molecule has 1 aromatic carbocycles. The first-order chi connectivity index (χ1) is 11.8. The smallest absolute Gasteiger partial charge is 0.282 e. The molecule has 8 nitrogen and oxygen atoms in total. The average Bonchev–Trinajstić information content (AvgIpc) is 2.62. The Morgan fingerprint density at radius 1 is 0.960 bits per heavy atom. The number of hydrogen-bond donors (Lipinski definition) is 0. The van der Waals surface area contributed by atoms with Crippen LogP contribution in [0.3, 0.4) is 0 Å². The van der Waals surface area contributed by atoms with Crippen LogP contribution >= 0.6 is 0 Å². The number of piperazine rings is 1. The van der Waals surface area contributed by atoms with E-state index in [0.29, 0.717) is 13.1 Å². The summed E-state index contributed by atoms with van der Waals surface area (Å²) in [6.07, 6.45) is 0. The van der Waals surface area contributed by atoms with Crippen molar-refractivity contribution in [2.45, 2.75) is 18.7 Å². The molecule has 0 spiro atoms. The first kappa shape index (κ1) is 20.1. The van der Waals surface area contributed by atoms with Gasteiger partial charge < -0.3 is 4.74 Å². The number of para-hydroxylation sites is 1. The molecular weight excluding hydrogens is 366 g/mol. The Morgan fingerprint density at radius 3 is 2.00 bits per heavy atom. The Bertz CT molecular complexity index is 783. The van der Waals surface area contributed by atoms with Gasteiger partial charge in [0.2, 0.25) is 10.0 Å². The predicted molar refractivity (Wildman–Crippen MR) is 95.2 cm³/mol. The van der Waals surface area contributed by atoms with Crippen LogP contribution in [0.15, 0.2) is 29.2 Å². The molecule has 1 fully saturated rings. The molecule has 1 saturated heterocycles. The first-order valence-electron chi connectivity index (χ1n) is 8.17. The Kier molecular flexibility index (Phi) is 6.44. The SMILES string of the molecule is CCN(CC)S(=O)(=O)N1CCN(S(=O)(=O)c2ccccc2OC)CC1. The van der Waals surface area contributed by atoms with Crippen LogP contribution in [0.5, 0.6) is 5.75 Å². The summed E-state index contributed by atoms with van der Waals surface area (Å²) in [5.74, 6) is 0.278. The zero-order valence-corrected chi connectivity index (χ0v) is 16.4. The molecule has 0 atom stereocenters. The number of methoxy groups -OCH3 is 1. The van der Waals surface area contributed by atoms with Gasteiger partial charge in [0.05, 0.1) is 7.11 Å². The van der Waals surface area contributed by atoms with Crippen LogP contribution in [-0.2, 0) is 20.2 Å². The normalized spacial score (nSPS) is 17.8. The van der Waals surface area contributed by atoms with E-state index < -0.39 is 20.2 Å². The van der Waals surface area contributed by atoms with Gasteiger partial charge >= 0.3 is 0 Å². The molecule has 0 unspecified atom stereocenters. The van der Waals surface area contributed by atoms with E-state index in [1.165, 1.54) is 26.1 Å². The van der Waals surface area contributed by atoms with Crippen LogP contribution in [0.4, 0.5) is 0 Å². The summed E-state index contributed by atoms with van der Waals surface area (Å²) in [5, 5.41) is 0. The first-order valence-corrected chi connectivity index (χ1v) is 11.0. The van der Waals surface area contributed by atoms with Crippen molar-refractivity contribution in [2.24, 2.45) is 0 Å². The second kappa shape index (κ2) is 8.00. The van der Waals surface area contributed by atoms with E-state index in [2.05, 4.69) is 0 Å². The summed E-state index contributed by atoms with van der Waals surface area (Å²) in [7, 11) is -5.86. The summed E-state index contributed by atoms with van der Waals surface area (Å²) in [6, 6.07) is 6.42. The zero-order valence-electron chi connectivity index (χ0n) is 14.8. The van der Waals surface area contributed by atoms with Crippen molar-refractivity contribution in [3.63, 3.8) is 0 Å². The van der Waals surface area contributed by atoms with Gasteiger partial charge in [0, 0.05) is 39.3 Å². The van der Waals surface area contributed by atoms with Gasteiger partial charge in [-0.3, -0.25) is 0 Å². The molecule has 1 aromatic rings. The third-order valence-corrected chi connectivity index (χ3v) is 8.37. The highest BCUT2D eigenvalue weighted by Gasteiger charge is 2.35. The molecule has 2 rings (SSSR count). The summed E-state index contributed by atoms with van der Waals surface area (Å²) in [4.78, 5) is 0.0950. The Morgan fingerprint density at radius 2 is 1.48 bits per heavy atom. The van der Waals surface area contributed by atoms with Gasteiger partial charge in [-0.15, -0.1) is 0 Å². The minimum Gasteiger partial charge on any atom is -0.495 e. The fourth-order valence-corrected chi connectivity index (χ4v) is 6.01. The lowest BCUT2D eigenvalue weighted by Crippen LogP contribution is -2.54. The van der Waals surface area contributed by atoms with Crippen molar-refractivity contribution in [2.75, 3.05) is 46.4 Å². The van der Waals surface area contributed by atoms with Crippen LogP contribution in [0, 0.1) is 0 Å². The number of rotatable bonds is 7. The molecule has 1 aliphatic heterocycles. The van der Waals surface area contributed by atoms with Gasteiger partial charge in [0.25, 0.3) is 10.2 Å². The quantitative estimate of drug-likeness (QED) is 0.679. The molecule has 1 heterocycles. The highest BCUT2D eigenvalue weighted by molar-refractivity contribution is 7.89. The highest BCUT2D eigenvalue weighted by atomic mass is 32.2. The number of nitrogens with zero attached hydrogens (tertiary/aromatic N) is 3. The lowest BCUT2D eigenvalue weighted by molar-refractivity contribution is 0.255. The summed E-state index contributed by atoms with van der Waals surface area (Å²) >= 11 is 0. The summed E-state index contributed by atoms with van der Waals surface area (Å²) < 4.78 is 59.9. The van der Waals surface area contributed by atoms with Gasteiger partial charge in [-0.1, -0.05) is 26.0 Å². The van der Waals surface area contributed by atoms with Gasteiger partial charge in [0.15, 0.2) is 0 Å². The van der Waals surface area contributed by atoms with Crippen molar-refractivity contribution >= 4 is 20.2 Å². The number of hydrogen-bond acceptors (Lipinski definition) is 5. The number of benzene rings is 1. The van der Waals surface area contributed by atoms with E-state index in [0.717, 1.165) is 0 Å². The topological polar surface area (TPSA) is 87.2 Å². The fraction of sp³-hybridized carbons (Fsp3) is 0.600. The molecule has 10 heteroatoms. The van der Waals surface area contributed by atoms with E-state index in [-0.39, 0.29) is 36.8 Å². The van der Waals surface area contributed by atoms with Crippen molar-refractivity contribution in [1.29, 1.82) is 0 Å². The standard InChI is InChI=1S/C15H25N3O5S2/c1-4-16(5-2)25(21,22)18-12-10-17(11-13-18)24(19,20)15-9-7-6-8-14(15)23-3/h6-9H,4-5,10-13H2,1-3H3. The molecule has 0 saturated carbocycles. The van der Waals surface area contributed by atoms with E-state index >= 15 is 0 Å². The average molecular weight is 392 g/mol. The van der Waals surface area contributed by atoms with E-state index in [1.807, 2.05) is 0 Å². The molecule has 0 amide bonds. The lowest BCUT2D eigenvalue weighted by Gasteiger charge is -2.35. The predicted octanol–water partition coefficient (Wildman–Crippen LogP) is 0.588. The maximum absolute atomic E-state index is 12.8. The summed E-state index contributed by atoms with van der Waals surface area (Å²) in [5.41, 5.74) is 0. The van der Waals surface area contributed by atoms with Gasteiger partial charge in [0.1, 0.15) is 10.6 Å². The molecule has 142 valence electrons. The minimum atomic E-state index is -3.73. The maximum Gasteiger partial charge on any atom is 0.282 e. The Hall–Kier alpha value is -1.20. The molecule has 1 aliphatic rings. The molecule has 0 aromatic heterocycles. The molecule has 0 N–H and O–H groups in total. The van der Waals surface area contributed by atoms with Crippen molar-refractivity contribution in [3.05, 3.63) is 24.3 Å². The monoisotopic (exact) mass is 391 g/mol. The highest BCUT2D eigenvalue weighted by Crippen LogP contribution is 2.27. The van der Waals surface area contributed by atoms with Crippen molar-refractivity contribution < 1.29 is 21.6 Å². The molecule has 25 heavy (non-hydrogen) atoms. The molecular formula is C15H25N3O5S2. The summed E-state index contributed by atoms with van der Waals surface area (Å²) in [6.45, 7) is 4.83. The van der Waals surface area contributed by atoms with Crippen molar-refractivity contribution in [1.82, 2.24) is 12.9 Å². The van der Waals surface area contributed by atoms with Crippen LogP contribution < -0.4 is 4.74 Å². The molecule has 0 radical (unpaired) electrons. The number of sulfonamides is 1. The van der Waals surface area contributed by atoms with E-state index in [9.17, 15) is 16.8 Å². The zero-order chi connectivity index (χ0) is 18.7. The third kappa shape index (κ3) is 3.98. The lowest BCUT2D eigenvalue weighted by atomic mass is 10.3. The van der Waals surface area contributed by atoms with E-state index in [4.69, 9.17) is 4.74 Å².